The lowest BCUT2D eigenvalue weighted by Gasteiger charge is -2.23. The van der Waals surface area contributed by atoms with Gasteiger partial charge in [-0.2, -0.15) is 0 Å². The second-order valence-corrected chi connectivity index (χ2v) is 6.24. The fourth-order valence-electron chi connectivity index (χ4n) is 2.27. The lowest BCUT2D eigenvalue weighted by molar-refractivity contribution is -0.130. The zero-order chi connectivity index (χ0) is 14.4. The van der Waals surface area contributed by atoms with Gasteiger partial charge in [-0.3, -0.25) is 4.79 Å². The molecule has 1 aromatic rings. The molecule has 6 nitrogen and oxygen atoms in total. The molecule has 1 amide bonds. The van der Waals surface area contributed by atoms with E-state index in [9.17, 15) is 4.79 Å². The molecule has 0 N–H and O–H groups in total. The van der Waals surface area contributed by atoms with Gasteiger partial charge in [0.2, 0.25) is 11.1 Å². The highest BCUT2D eigenvalue weighted by Crippen LogP contribution is 2.23. The average Bonchev–Trinajstić information content (AvgIpc) is 2.72. The van der Waals surface area contributed by atoms with E-state index in [-0.39, 0.29) is 11.2 Å². The number of aromatic nitrogens is 4. The Morgan fingerprint density at radius 3 is 2.75 bits per heavy atom. The average molecular weight is 295 g/mol. The number of hydrogen-bond acceptors (Lipinski definition) is 5. The van der Waals surface area contributed by atoms with E-state index in [0.29, 0.717) is 11.7 Å². The van der Waals surface area contributed by atoms with Crippen LogP contribution in [0, 0.1) is 0 Å². The molecule has 0 unspecified atom stereocenters. The van der Waals surface area contributed by atoms with Gasteiger partial charge in [0.1, 0.15) is 0 Å². The third-order valence-electron chi connectivity index (χ3n) is 3.35. The summed E-state index contributed by atoms with van der Waals surface area (Å²) < 4.78 is 1.66. The smallest absolute Gasteiger partial charge is 0.235 e. The van der Waals surface area contributed by atoms with Crippen LogP contribution in [0.25, 0.3) is 0 Å². The van der Waals surface area contributed by atoms with Gasteiger partial charge >= 0.3 is 0 Å². The molecule has 0 saturated carbocycles. The van der Waals surface area contributed by atoms with Crippen molar-refractivity contribution in [1.29, 1.82) is 0 Å². The summed E-state index contributed by atoms with van der Waals surface area (Å²) in [5, 5.41) is 12.0. The molecule has 1 aliphatic heterocycles. The van der Waals surface area contributed by atoms with Crippen LogP contribution in [0.1, 0.15) is 32.6 Å². The van der Waals surface area contributed by atoms with E-state index < -0.39 is 0 Å². The van der Waals surface area contributed by atoms with Crippen molar-refractivity contribution in [2.45, 2.75) is 49.6 Å². The van der Waals surface area contributed by atoms with Gasteiger partial charge in [-0.05, 0) is 30.2 Å². The first-order valence-corrected chi connectivity index (χ1v) is 7.93. The lowest BCUT2D eigenvalue weighted by atomic mass is 10.2. The highest BCUT2D eigenvalue weighted by atomic mass is 32.2. The number of carbonyl (C=O) groups is 1. The largest absolute Gasteiger partial charge is 0.342 e. The van der Waals surface area contributed by atoms with Crippen LogP contribution in [0.4, 0.5) is 0 Å². The lowest BCUT2D eigenvalue weighted by Crippen LogP contribution is -2.37. The highest BCUT2D eigenvalue weighted by Gasteiger charge is 2.24. The minimum Gasteiger partial charge on any atom is -0.342 e. The molecule has 2 rings (SSSR count). The maximum Gasteiger partial charge on any atom is 0.235 e. The molecule has 0 spiro atoms. The Hall–Kier alpha value is -1.37. The van der Waals surface area contributed by atoms with Crippen molar-refractivity contribution in [3.05, 3.63) is 12.7 Å². The van der Waals surface area contributed by atoms with Crippen LogP contribution in [-0.2, 0) is 11.3 Å². The van der Waals surface area contributed by atoms with Crippen LogP contribution in [0.15, 0.2) is 17.8 Å². The van der Waals surface area contributed by atoms with Gasteiger partial charge in [-0.1, -0.05) is 30.7 Å². The molecular weight excluding hydrogens is 274 g/mol. The zero-order valence-corrected chi connectivity index (χ0v) is 12.7. The maximum atomic E-state index is 12.5. The first-order chi connectivity index (χ1) is 9.72. The molecule has 7 heteroatoms. The Bertz CT molecular complexity index is 453. The van der Waals surface area contributed by atoms with E-state index in [2.05, 4.69) is 22.1 Å². The van der Waals surface area contributed by atoms with Crippen molar-refractivity contribution in [3.63, 3.8) is 0 Å². The summed E-state index contributed by atoms with van der Waals surface area (Å²) in [6, 6.07) is 0. The predicted molar refractivity (Wildman–Crippen MR) is 78.4 cm³/mol. The number of carbonyl (C=O) groups excluding carboxylic acids is 1. The Labute approximate surface area is 123 Å². The Balaban J connectivity index is 1.95. The number of nitrogens with zero attached hydrogens (tertiary/aromatic N) is 5. The fraction of sp³-hybridized carbons (Fsp3) is 0.692. The van der Waals surface area contributed by atoms with Crippen molar-refractivity contribution >= 4 is 17.7 Å². The van der Waals surface area contributed by atoms with Crippen LogP contribution >= 0.6 is 11.8 Å². The van der Waals surface area contributed by atoms with E-state index in [1.54, 1.807) is 10.8 Å². The summed E-state index contributed by atoms with van der Waals surface area (Å²) in [5.74, 6) is 0.185. The molecule has 1 atom stereocenters. The molecule has 1 aliphatic rings. The molecule has 110 valence electrons. The van der Waals surface area contributed by atoms with E-state index in [1.165, 1.54) is 24.6 Å². The van der Waals surface area contributed by atoms with Crippen molar-refractivity contribution in [2.75, 3.05) is 13.1 Å². The number of rotatable bonds is 5. The summed E-state index contributed by atoms with van der Waals surface area (Å²) in [4.78, 5) is 14.4. The van der Waals surface area contributed by atoms with Gasteiger partial charge in [-0.15, -0.1) is 11.7 Å². The van der Waals surface area contributed by atoms with E-state index in [0.717, 1.165) is 25.9 Å². The molecule has 0 bridgehead atoms. The third-order valence-corrected chi connectivity index (χ3v) is 4.41. The van der Waals surface area contributed by atoms with Gasteiger partial charge < -0.3 is 4.90 Å². The molecule has 1 aromatic heterocycles. The minimum absolute atomic E-state index is 0.164. The number of likely N-dealkylation sites (tertiary alicyclic amines) is 1. The molecule has 0 aromatic carbocycles. The summed E-state index contributed by atoms with van der Waals surface area (Å²) in [7, 11) is 0. The monoisotopic (exact) mass is 295 g/mol. The fourth-order valence-corrected chi connectivity index (χ4v) is 3.16. The third kappa shape index (κ3) is 3.82. The first-order valence-electron chi connectivity index (χ1n) is 7.05. The number of thioether (sulfide) groups is 1. The van der Waals surface area contributed by atoms with Crippen molar-refractivity contribution < 1.29 is 4.79 Å². The van der Waals surface area contributed by atoms with Crippen molar-refractivity contribution in [2.24, 2.45) is 0 Å². The van der Waals surface area contributed by atoms with Crippen molar-refractivity contribution in [1.82, 2.24) is 25.1 Å². The highest BCUT2D eigenvalue weighted by molar-refractivity contribution is 8.00. The summed E-state index contributed by atoms with van der Waals surface area (Å²) in [5.41, 5.74) is 0. The molecule has 0 radical (unpaired) electrons. The molecule has 20 heavy (non-hydrogen) atoms. The zero-order valence-electron chi connectivity index (χ0n) is 11.9. The van der Waals surface area contributed by atoms with E-state index >= 15 is 0 Å². The first kappa shape index (κ1) is 15.0. The number of amides is 1. The Morgan fingerprint density at radius 2 is 2.10 bits per heavy atom. The minimum atomic E-state index is -0.164. The van der Waals surface area contributed by atoms with Gasteiger partial charge in [-0.25, -0.2) is 4.68 Å². The summed E-state index contributed by atoms with van der Waals surface area (Å²) in [6.45, 7) is 7.90. The van der Waals surface area contributed by atoms with Crippen LogP contribution < -0.4 is 0 Å². The van der Waals surface area contributed by atoms with Crippen LogP contribution in [0.2, 0.25) is 0 Å². The van der Waals surface area contributed by atoms with E-state index in [4.69, 9.17) is 0 Å². The van der Waals surface area contributed by atoms with Crippen LogP contribution in [-0.4, -0.2) is 49.4 Å². The second-order valence-electron chi connectivity index (χ2n) is 4.93. The molecule has 0 aliphatic carbocycles. The maximum absolute atomic E-state index is 12.5. The number of tetrazole rings is 1. The second kappa shape index (κ2) is 7.42. The van der Waals surface area contributed by atoms with E-state index in [1.807, 2.05) is 11.8 Å². The molecule has 2 heterocycles. The normalized spacial score (nSPS) is 17.6. The van der Waals surface area contributed by atoms with Gasteiger partial charge in [0, 0.05) is 13.1 Å². The number of allylic oxidation sites excluding steroid dienone is 1. The SMILES string of the molecule is C=CCn1nnnc1S[C@H](C)C(=O)N1CCCCCC1. The molecule has 1 fully saturated rings. The quantitative estimate of drug-likeness (QED) is 0.611. The summed E-state index contributed by atoms with van der Waals surface area (Å²) in [6.07, 6.45) is 6.40. The van der Waals surface area contributed by atoms with Gasteiger partial charge in [0.05, 0.1) is 11.8 Å². The van der Waals surface area contributed by atoms with Gasteiger partial charge in [0.15, 0.2) is 0 Å². The predicted octanol–water partition coefficient (Wildman–Crippen LogP) is 1.74. The Kier molecular flexibility index (Phi) is 5.58. The number of hydrogen-bond donors (Lipinski definition) is 0. The van der Waals surface area contributed by atoms with Crippen molar-refractivity contribution in [3.8, 4) is 0 Å². The van der Waals surface area contributed by atoms with Crippen LogP contribution in [0.5, 0.6) is 0 Å². The standard InChI is InChI=1S/C13H21N5OS/c1-3-8-18-13(14-15-16-18)20-11(2)12(19)17-9-6-4-5-7-10-17/h3,11H,1,4-10H2,2H3/t11-/m1/s1. The van der Waals surface area contributed by atoms with Crippen LogP contribution in [0.3, 0.4) is 0 Å². The van der Waals surface area contributed by atoms with Gasteiger partial charge in [0.25, 0.3) is 0 Å². The summed E-state index contributed by atoms with van der Waals surface area (Å²) >= 11 is 1.41. The topological polar surface area (TPSA) is 63.9 Å². The molecule has 1 saturated heterocycles. The molecular formula is C13H21N5OS. The Morgan fingerprint density at radius 1 is 1.40 bits per heavy atom.